The molecule has 0 unspecified atom stereocenters. The third kappa shape index (κ3) is 5.56. The van der Waals surface area contributed by atoms with Crippen LogP contribution in [0.3, 0.4) is 0 Å². The van der Waals surface area contributed by atoms with Gasteiger partial charge in [0.1, 0.15) is 5.54 Å². The van der Waals surface area contributed by atoms with Gasteiger partial charge >= 0.3 is 5.63 Å². The smallest absolute Gasteiger partial charge is 0.348 e. The fourth-order valence-corrected chi connectivity index (χ4v) is 4.66. The number of nitrogens with zero attached hydrogens (tertiary/aromatic N) is 3. The maximum absolute atomic E-state index is 13.1. The summed E-state index contributed by atoms with van der Waals surface area (Å²) < 4.78 is 5.45. The average molecular weight is 492 g/mol. The number of benzene rings is 1. The maximum atomic E-state index is 13.1. The zero-order valence-electron chi connectivity index (χ0n) is 21.3. The molecule has 0 saturated heterocycles. The van der Waals surface area contributed by atoms with E-state index in [4.69, 9.17) is 4.42 Å². The molecule has 1 aromatic carbocycles. The number of aryl methyl sites for hydroxylation is 1. The Morgan fingerprint density at radius 2 is 1.92 bits per heavy atom. The maximum Gasteiger partial charge on any atom is 0.348 e. The van der Waals surface area contributed by atoms with E-state index >= 15 is 0 Å². The van der Waals surface area contributed by atoms with Crippen molar-refractivity contribution in [1.29, 1.82) is 0 Å². The normalized spacial score (nSPS) is 14.1. The summed E-state index contributed by atoms with van der Waals surface area (Å²) in [5, 5.41) is 6.24. The number of carbonyl (C=O) groups excluding carboxylic acids is 2. The van der Waals surface area contributed by atoms with Crippen molar-refractivity contribution in [3.63, 3.8) is 0 Å². The van der Waals surface area contributed by atoms with Crippen LogP contribution in [0.4, 0.5) is 11.7 Å². The molecular formula is C27H33N5O4. The topological polar surface area (TPSA) is 117 Å². The summed E-state index contributed by atoms with van der Waals surface area (Å²) in [4.78, 5) is 48.9. The minimum absolute atomic E-state index is 0.0157. The van der Waals surface area contributed by atoms with Crippen LogP contribution in [0, 0.1) is 12.8 Å². The van der Waals surface area contributed by atoms with Crippen LogP contribution in [0.2, 0.25) is 0 Å². The van der Waals surface area contributed by atoms with Crippen LogP contribution >= 0.6 is 0 Å². The van der Waals surface area contributed by atoms with Gasteiger partial charge < -0.3 is 20.0 Å². The van der Waals surface area contributed by atoms with Gasteiger partial charge in [-0.05, 0) is 63.4 Å². The first-order valence-electron chi connectivity index (χ1n) is 12.3. The predicted molar refractivity (Wildman–Crippen MR) is 139 cm³/mol. The summed E-state index contributed by atoms with van der Waals surface area (Å²) in [5.74, 6) is -0.176. The Balaban J connectivity index is 1.48. The third-order valence-electron chi connectivity index (χ3n) is 6.77. The Kier molecular flexibility index (Phi) is 7.37. The number of hydrogen-bond donors (Lipinski definition) is 2. The molecule has 0 bridgehead atoms. The lowest BCUT2D eigenvalue weighted by molar-refractivity contribution is -0.133. The highest BCUT2D eigenvalue weighted by atomic mass is 16.4. The number of fused-ring (bicyclic) bond motifs is 1. The van der Waals surface area contributed by atoms with E-state index in [1.165, 1.54) is 0 Å². The molecule has 0 spiro atoms. The zero-order chi connectivity index (χ0) is 25.9. The van der Waals surface area contributed by atoms with Crippen LogP contribution in [0.5, 0.6) is 0 Å². The summed E-state index contributed by atoms with van der Waals surface area (Å²) in [6.45, 7) is 5.68. The number of rotatable bonds is 8. The third-order valence-corrected chi connectivity index (χ3v) is 6.77. The van der Waals surface area contributed by atoms with Crippen molar-refractivity contribution >= 4 is 34.4 Å². The van der Waals surface area contributed by atoms with Crippen molar-refractivity contribution in [1.82, 2.24) is 14.9 Å². The molecule has 2 N–H and O–H groups in total. The summed E-state index contributed by atoms with van der Waals surface area (Å²) in [7, 11) is 1.73. The van der Waals surface area contributed by atoms with Crippen LogP contribution in [0.15, 0.2) is 45.7 Å². The molecule has 0 atom stereocenters. The number of nitrogens with one attached hydrogen (secondary N) is 2. The quantitative estimate of drug-likeness (QED) is 0.490. The number of carbonyl (C=O) groups is 2. The fraction of sp³-hybridized carbons (Fsp3) is 0.444. The molecule has 9 heteroatoms. The van der Waals surface area contributed by atoms with E-state index in [1.807, 2.05) is 18.2 Å². The average Bonchev–Trinajstić information content (AvgIpc) is 3.39. The second kappa shape index (κ2) is 10.5. The first-order chi connectivity index (χ1) is 17.2. The number of likely N-dealkylation sites (N-methyl/N-ethyl adjacent to an activating group) is 1. The lowest BCUT2D eigenvalue weighted by atomic mass is 10.0. The van der Waals surface area contributed by atoms with Crippen molar-refractivity contribution in [3.8, 4) is 0 Å². The molecule has 1 fully saturated rings. The Labute approximate surface area is 210 Å². The summed E-state index contributed by atoms with van der Waals surface area (Å²) in [5.41, 5.74) is 0.870. The minimum atomic E-state index is -1.07. The molecule has 1 aliphatic rings. The molecule has 4 rings (SSSR count). The van der Waals surface area contributed by atoms with E-state index in [0.717, 1.165) is 31.4 Å². The number of aromatic nitrogens is 2. The molecule has 1 saturated carbocycles. The molecule has 0 radical (unpaired) electrons. The summed E-state index contributed by atoms with van der Waals surface area (Å²) in [6, 6.07) is 9.08. The van der Waals surface area contributed by atoms with Gasteiger partial charge in [0, 0.05) is 43.5 Å². The first-order valence-corrected chi connectivity index (χ1v) is 12.3. The van der Waals surface area contributed by atoms with Gasteiger partial charge in [0.25, 0.3) is 6.01 Å². The molecule has 1 aliphatic carbocycles. The second-order valence-corrected chi connectivity index (χ2v) is 9.96. The molecule has 190 valence electrons. The van der Waals surface area contributed by atoms with Gasteiger partial charge in [-0.1, -0.05) is 18.9 Å². The first kappa shape index (κ1) is 25.3. The van der Waals surface area contributed by atoms with Crippen molar-refractivity contribution < 1.29 is 14.0 Å². The monoisotopic (exact) mass is 491 g/mol. The van der Waals surface area contributed by atoms with Crippen molar-refractivity contribution in [2.45, 2.75) is 58.4 Å². The van der Waals surface area contributed by atoms with Gasteiger partial charge in [-0.15, -0.1) is 0 Å². The molecule has 9 nitrogen and oxygen atoms in total. The van der Waals surface area contributed by atoms with Crippen LogP contribution in [-0.2, 0) is 16.0 Å². The van der Waals surface area contributed by atoms with Crippen LogP contribution in [0.25, 0.3) is 10.9 Å². The lowest BCUT2D eigenvalue weighted by Crippen LogP contribution is -2.49. The Hall–Kier alpha value is -3.75. The molecule has 2 amide bonds. The van der Waals surface area contributed by atoms with Gasteiger partial charge in [0.2, 0.25) is 11.8 Å². The van der Waals surface area contributed by atoms with Crippen molar-refractivity contribution in [2.75, 3.05) is 24.2 Å². The lowest BCUT2D eigenvalue weighted by Gasteiger charge is -2.30. The van der Waals surface area contributed by atoms with Crippen molar-refractivity contribution in [2.24, 2.45) is 5.92 Å². The highest BCUT2D eigenvalue weighted by Gasteiger charge is 2.32. The van der Waals surface area contributed by atoms with E-state index in [0.29, 0.717) is 35.1 Å². The summed E-state index contributed by atoms with van der Waals surface area (Å²) in [6.07, 6.45) is 6.27. The predicted octanol–water partition coefficient (Wildman–Crippen LogP) is 3.91. The molecule has 3 aromatic rings. The molecule has 36 heavy (non-hydrogen) atoms. The number of hydrogen-bond acceptors (Lipinski definition) is 7. The van der Waals surface area contributed by atoms with Gasteiger partial charge in [0.05, 0.1) is 10.9 Å². The van der Waals surface area contributed by atoms with E-state index in [1.54, 1.807) is 51.0 Å². The fourth-order valence-electron chi connectivity index (χ4n) is 4.66. The van der Waals surface area contributed by atoms with Crippen LogP contribution in [0.1, 0.15) is 50.8 Å². The van der Waals surface area contributed by atoms with Gasteiger partial charge in [-0.25, -0.2) is 4.79 Å². The highest BCUT2D eigenvalue weighted by Crippen LogP contribution is 2.28. The summed E-state index contributed by atoms with van der Waals surface area (Å²) >= 11 is 0. The zero-order valence-corrected chi connectivity index (χ0v) is 21.3. The number of pyridine rings is 1. The molecule has 2 aromatic heterocycles. The van der Waals surface area contributed by atoms with Crippen LogP contribution < -0.4 is 16.3 Å². The van der Waals surface area contributed by atoms with Crippen LogP contribution in [-0.4, -0.2) is 45.8 Å². The Bertz CT molecular complexity index is 1310. The highest BCUT2D eigenvalue weighted by molar-refractivity contribution is 5.97. The van der Waals surface area contributed by atoms with Crippen molar-refractivity contribution in [3.05, 3.63) is 58.2 Å². The molecular weight excluding hydrogens is 458 g/mol. The number of anilines is 2. The standard InChI is InChI=1S/C27H33N5O4/c1-17-20(29-23(33)18-9-5-6-10-18)12-13-21-22(17)24(34)36-26(30-21)31-27(2,3)25(35)32(4)16-14-19-11-7-8-15-28-19/h7-8,11-13,15,18H,5-6,9-10,14,16H2,1-4H3,(H,29,33)(H,30,31). The van der Waals surface area contributed by atoms with Gasteiger partial charge in [-0.2, -0.15) is 4.98 Å². The van der Waals surface area contributed by atoms with E-state index in [2.05, 4.69) is 20.6 Å². The van der Waals surface area contributed by atoms with E-state index in [9.17, 15) is 14.4 Å². The second-order valence-electron chi connectivity index (χ2n) is 9.96. The largest absolute Gasteiger partial charge is 0.389 e. The van der Waals surface area contributed by atoms with E-state index < -0.39 is 11.2 Å². The number of amides is 2. The van der Waals surface area contributed by atoms with E-state index in [-0.39, 0.29) is 23.7 Å². The van der Waals surface area contributed by atoms with Gasteiger partial charge in [-0.3, -0.25) is 14.6 Å². The SMILES string of the molecule is Cc1c(NC(=O)C2CCCC2)ccc2nc(NC(C)(C)C(=O)N(C)CCc3ccccn3)oc(=O)c12. The molecule has 0 aliphatic heterocycles. The Morgan fingerprint density at radius 1 is 1.17 bits per heavy atom. The Morgan fingerprint density at radius 3 is 2.61 bits per heavy atom. The molecule has 2 heterocycles. The van der Waals surface area contributed by atoms with Gasteiger partial charge in [0.15, 0.2) is 0 Å². The minimum Gasteiger partial charge on any atom is -0.389 e.